The van der Waals surface area contributed by atoms with Crippen molar-refractivity contribution in [1.82, 2.24) is 9.29 Å². The van der Waals surface area contributed by atoms with Crippen LogP contribution in [-0.2, 0) is 10.0 Å². The molecule has 0 amide bonds. The number of sulfonamides is 1. The van der Waals surface area contributed by atoms with E-state index in [9.17, 15) is 8.42 Å². The molecule has 0 radical (unpaired) electrons. The van der Waals surface area contributed by atoms with E-state index in [1.807, 2.05) is 24.3 Å². The van der Waals surface area contributed by atoms with Crippen LogP contribution in [0.4, 0.5) is 11.5 Å². The Morgan fingerprint density at radius 1 is 0.893 bits per heavy atom. The van der Waals surface area contributed by atoms with Gasteiger partial charge in [-0.25, -0.2) is 13.4 Å². The van der Waals surface area contributed by atoms with Gasteiger partial charge in [0.25, 0.3) is 0 Å². The molecule has 0 N–H and O–H groups in total. The van der Waals surface area contributed by atoms with Crippen molar-refractivity contribution in [1.29, 1.82) is 0 Å². The summed E-state index contributed by atoms with van der Waals surface area (Å²) < 4.78 is 32.3. The van der Waals surface area contributed by atoms with Gasteiger partial charge >= 0.3 is 0 Å². The predicted molar refractivity (Wildman–Crippen MR) is 110 cm³/mol. The summed E-state index contributed by atoms with van der Waals surface area (Å²) in [6.07, 6.45) is 3.36. The first-order valence-corrected chi connectivity index (χ1v) is 11.1. The van der Waals surface area contributed by atoms with Crippen LogP contribution in [0.25, 0.3) is 0 Å². The smallest absolute Gasteiger partial charge is 0.244 e. The van der Waals surface area contributed by atoms with E-state index in [0.717, 1.165) is 56.3 Å². The minimum Gasteiger partial charge on any atom is -0.495 e. The quantitative estimate of drug-likeness (QED) is 0.764. The summed E-state index contributed by atoms with van der Waals surface area (Å²) in [4.78, 5) is 9.23. The molecule has 8 heteroatoms. The predicted octanol–water partition coefficient (Wildman–Crippen LogP) is 2.20. The highest BCUT2D eigenvalue weighted by Gasteiger charge is 2.28. The van der Waals surface area contributed by atoms with Crippen molar-refractivity contribution >= 4 is 21.5 Å². The number of hydrogen-bond donors (Lipinski definition) is 0. The van der Waals surface area contributed by atoms with Crippen molar-refractivity contribution < 1.29 is 13.2 Å². The van der Waals surface area contributed by atoms with E-state index in [-0.39, 0.29) is 4.90 Å². The van der Waals surface area contributed by atoms with Crippen molar-refractivity contribution in [3.05, 3.63) is 42.6 Å². The van der Waals surface area contributed by atoms with Crippen LogP contribution >= 0.6 is 0 Å². The number of ether oxygens (including phenoxy) is 1. The fraction of sp³-hybridized carbons (Fsp3) is 0.450. The van der Waals surface area contributed by atoms with Gasteiger partial charge in [-0.15, -0.1) is 0 Å². The standard InChI is InChI=1S/C20H26N4O3S/c1-27-19-7-3-2-6-18(19)22-12-14-23(15-13-22)20-9-8-17(16-21-20)28(25,26)24-10-4-5-11-24/h2-3,6-9,16H,4-5,10-15H2,1H3. The number of rotatable bonds is 5. The van der Waals surface area contributed by atoms with Crippen LogP contribution in [0.2, 0.25) is 0 Å². The summed E-state index contributed by atoms with van der Waals surface area (Å²) in [6, 6.07) is 11.5. The molecule has 7 nitrogen and oxygen atoms in total. The second-order valence-electron chi connectivity index (χ2n) is 7.11. The summed E-state index contributed by atoms with van der Waals surface area (Å²) >= 11 is 0. The largest absolute Gasteiger partial charge is 0.495 e. The first kappa shape index (κ1) is 19.0. The fourth-order valence-electron chi connectivity index (χ4n) is 3.86. The van der Waals surface area contributed by atoms with Crippen molar-refractivity contribution in [3.63, 3.8) is 0 Å². The normalized spacial score (nSPS) is 18.5. The number of pyridine rings is 1. The number of anilines is 2. The first-order chi connectivity index (χ1) is 13.6. The Labute approximate surface area is 166 Å². The van der Waals surface area contributed by atoms with Gasteiger partial charge in [-0.3, -0.25) is 0 Å². The molecule has 0 bridgehead atoms. The highest BCUT2D eigenvalue weighted by atomic mass is 32.2. The lowest BCUT2D eigenvalue weighted by atomic mass is 10.2. The molecule has 0 atom stereocenters. The molecule has 2 aromatic rings. The third kappa shape index (κ3) is 3.66. The summed E-state index contributed by atoms with van der Waals surface area (Å²) in [5.41, 5.74) is 1.10. The molecule has 3 heterocycles. The van der Waals surface area contributed by atoms with Gasteiger partial charge < -0.3 is 14.5 Å². The summed E-state index contributed by atoms with van der Waals surface area (Å²) in [5.74, 6) is 1.70. The average Bonchev–Trinajstić information content (AvgIpc) is 3.30. The lowest BCUT2D eigenvalue weighted by Gasteiger charge is -2.37. The van der Waals surface area contributed by atoms with Crippen LogP contribution in [-0.4, -0.2) is 64.1 Å². The van der Waals surface area contributed by atoms with Gasteiger partial charge in [0, 0.05) is 45.5 Å². The lowest BCUT2D eigenvalue weighted by Crippen LogP contribution is -2.47. The third-order valence-corrected chi connectivity index (χ3v) is 7.34. The molecule has 2 fully saturated rings. The fourth-order valence-corrected chi connectivity index (χ4v) is 5.32. The Bertz CT molecular complexity index is 903. The Morgan fingerprint density at radius 2 is 1.57 bits per heavy atom. The zero-order valence-electron chi connectivity index (χ0n) is 16.1. The number of para-hydroxylation sites is 2. The maximum atomic E-state index is 12.6. The zero-order valence-corrected chi connectivity index (χ0v) is 16.9. The second kappa shape index (κ2) is 7.97. The molecule has 0 unspecified atom stereocenters. The molecule has 150 valence electrons. The van der Waals surface area contributed by atoms with E-state index in [2.05, 4.69) is 20.9 Å². The van der Waals surface area contributed by atoms with E-state index in [1.54, 1.807) is 17.5 Å². The number of methoxy groups -OCH3 is 1. The van der Waals surface area contributed by atoms with Crippen LogP contribution in [0.3, 0.4) is 0 Å². The van der Waals surface area contributed by atoms with Gasteiger partial charge in [0.1, 0.15) is 16.5 Å². The van der Waals surface area contributed by atoms with Gasteiger partial charge in [-0.2, -0.15) is 4.31 Å². The van der Waals surface area contributed by atoms with E-state index >= 15 is 0 Å². The lowest BCUT2D eigenvalue weighted by molar-refractivity contribution is 0.413. The van der Waals surface area contributed by atoms with E-state index < -0.39 is 10.0 Å². The average molecular weight is 403 g/mol. The van der Waals surface area contributed by atoms with Crippen LogP contribution < -0.4 is 14.5 Å². The Morgan fingerprint density at radius 3 is 2.21 bits per heavy atom. The Kier molecular flexibility index (Phi) is 5.41. The molecular weight excluding hydrogens is 376 g/mol. The highest BCUT2D eigenvalue weighted by Crippen LogP contribution is 2.29. The van der Waals surface area contributed by atoms with Gasteiger partial charge in [-0.05, 0) is 37.1 Å². The van der Waals surface area contributed by atoms with E-state index in [0.29, 0.717) is 13.1 Å². The van der Waals surface area contributed by atoms with Crippen LogP contribution in [0.1, 0.15) is 12.8 Å². The highest BCUT2D eigenvalue weighted by molar-refractivity contribution is 7.89. The molecule has 0 saturated carbocycles. The molecule has 0 aliphatic carbocycles. The van der Waals surface area contributed by atoms with Gasteiger partial charge in [-0.1, -0.05) is 12.1 Å². The van der Waals surface area contributed by atoms with Crippen LogP contribution in [0.15, 0.2) is 47.5 Å². The number of aromatic nitrogens is 1. The van der Waals surface area contributed by atoms with Gasteiger partial charge in [0.2, 0.25) is 10.0 Å². The molecular formula is C20H26N4O3S. The summed E-state index contributed by atoms with van der Waals surface area (Å²) in [7, 11) is -1.72. The maximum absolute atomic E-state index is 12.6. The Hall–Kier alpha value is -2.32. The topological polar surface area (TPSA) is 66.0 Å². The van der Waals surface area contributed by atoms with E-state index in [1.165, 1.54) is 6.20 Å². The zero-order chi connectivity index (χ0) is 19.6. The molecule has 4 rings (SSSR count). The molecule has 1 aromatic carbocycles. The summed E-state index contributed by atoms with van der Waals surface area (Å²) in [5, 5.41) is 0. The number of hydrogen-bond acceptors (Lipinski definition) is 6. The minimum atomic E-state index is -3.41. The minimum absolute atomic E-state index is 0.283. The number of piperazine rings is 1. The van der Waals surface area contributed by atoms with E-state index in [4.69, 9.17) is 4.74 Å². The van der Waals surface area contributed by atoms with Crippen molar-refractivity contribution in [2.75, 3.05) is 56.2 Å². The molecule has 28 heavy (non-hydrogen) atoms. The van der Waals surface area contributed by atoms with Gasteiger partial charge in [0.05, 0.1) is 12.8 Å². The number of nitrogens with zero attached hydrogens (tertiary/aromatic N) is 4. The van der Waals surface area contributed by atoms with Crippen LogP contribution in [0, 0.1) is 0 Å². The number of benzene rings is 1. The SMILES string of the molecule is COc1ccccc1N1CCN(c2ccc(S(=O)(=O)N3CCCC3)cn2)CC1. The van der Waals surface area contributed by atoms with Crippen LogP contribution in [0.5, 0.6) is 5.75 Å². The Balaban J connectivity index is 1.42. The molecule has 0 spiro atoms. The third-order valence-electron chi connectivity index (χ3n) is 5.45. The first-order valence-electron chi connectivity index (χ1n) is 9.69. The summed E-state index contributed by atoms with van der Waals surface area (Å²) in [6.45, 7) is 4.57. The second-order valence-corrected chi connectivity index (χ2v) is 9.05. The van der Waals surface area contributed by atoms with Gasteiger partial charge in [0.15, 0.2) is 0 Å². The molecule has 1 aromatic heterocycles. The van der Waals surface area contributed by atoms with Crippen molar-refractivity contribution in [3.8, 4) is 5.75 Å². The molecule has 2 saturated heterocycles. The van der Waals surface area contributed by atoms with Crippen molar-refractivity contribution in [2.24, 2.45) is 0 Å². The molecule has 2 aliphatic heterocycles. The molecule has 2 aliphatic rings. The monoisotopic (exact) mass is 402 g/mol. The van der Waals surface area contributed by atoms with Crippen molar-refractivity contribution in [2.45, 2.75) is 17.7 Å². The maximum Gasteiger partial charge on any atom is 0.244 e.